The molecule has 1 N–H and O–H groups in total. The average Bonchev–Trinajstić information content (AvgIpc) is 2.70. The first-order valence-corrected chi connectivity index (χ1v) is 8.82. The highest BCUT2D eigenvalue weighted by molar-refractivity contribution is 6.02. The van der Waals surface area contributed by atoms with E-state index in [1.165, 1.54) is 38.5 Å². The van der Waals surface area contributed by atoms with Crippen LogP contribution in [-0.4, -0.2) is 25.1 Å². The third-order valence-corrected chi connectivity index (χ3v) is 4.64. The van der Waals surface area contributed by atoms with Gasteiger partial charge in [-0.05, 0) is 42.8 Å². The Balaban J connectivity index is 1.97. The molecule has 0 saturated heterocycles. The molecule has 0 aliphatic carbocycles. The van der Waals surface area contributed by atoms with Crippen molar-refractivity contribution < 1.29 is 31.8 Å². The molecule has 0 aliphatic heterocycles. The fourth-order valence-electron chi connectivity index (χ4n) is 3.14. The molecule has 0 spiro atoms. The minimum absolute atomic E-state index is 0.0343. The molecule has 9 heteroatoms. The van der Waals surface area contributed by atoms with Crippen LogP contribution in [0.1, 0.15) is 27.0 Å². The number of halogens is 4. The number of fused-ring (bicyclic) bond motifs is 1. The van der Waals surface area contributed by atoms with Crippen LogP contribution in [0, 0.1) is 12.7 Å². The smallest absolute Gasteiger partial charge is 0.416 e. The Kier molecular flexibility index (Phi) is 5.82. The van der Waals surface area contributed by atoms with Gasteiger partial charge in [-0.2, -0.15) is 13.2 Å². The number of alkyl halides is 3. The van der Waals surface area contributed by atoms with Gasteiger partial charge in [-0.3, -0.25) is 4.79 Å². The number of nitrogens with one attached hydrogen (secondary N) is 1. The predicted molar refractivity (Wildman–Crippen MR) is 102 cm³/mol. The first-order chi connectivity index (χ1) is 14.2. The van der Waals surface area contributed by atoms with Crippen LogP contribution in [0.4, 0.5) is 17.6 Å². The van der Waals surface area contributed by atoms with Crippen molar-refractivity contribution in [2.75, 3.05) is 14.2 Å². The molecule has 3 rings (SSSR count). The minimum Gasteiger partial charge on any atom is -0.496 e. The fraction of sp³-hybridized carbons (Fsp3) is 0.238. The molecule has 0 atom stereocenters. The van der Waals surface area contributed by atoms with Crippen molar-refractivity contribution in [2.45, 2.75) is 19.6 Å². The van der Waals surface area contributed by atoms with Crippen LogP contribution in [0.2, 0.25) is 0 Å². The molecule has 158 valence electrons. The number of rotatable bonds is 5. The lowest BCUT2D eigenvalue weighted by Gasteiger charge is -2.15. The van der Waals surface area contributed by atoms with Gasteiger partial charge in [-0.15, -0.1) is 0 Å². The molecule has 30 heavy (non-hydrogen) atoms. The maximum Gasteiger partial charge on any atom is 0.416 e. The van der Waals surface area contributed by atoms with E-state index in [1.54, 1.807) is 6.92 Å². The Morgan fingerprint density at radius 2 is 1.83 bits per heavy atom. The SMILES string of the molecule is COc1ccc(F)cc1CNC(=O)c1c(OC)nc2cc(C(F)(F)F)ccc2c1C. The van der Waals surface area contributed by atoms with E-state index in [0.29, 0.717) is 22.3 Å². The highest BCUT2D eigenvalue weighted by atomic mass is 19.4. The van der Waals surface area contributed by atoms with Crippen molar-refractivity contribution in [3.63, 3.8) is 0 Å². The maximum atomic E-state index is 13.5. The first-order valence-electron chi connectivity index (χ1n) is 8.82. The number of nitrogens with zero attached hydrogens (tertiary/aromatic N) is 1. The number of ether oxygens (including phenoxy) is 2. The normalized spacial score (nSPS) is 11.4. The van der Waals surface area contributed by atoms with E-state index < -0.39 is 23.5 Å². The van der Waals surface area contributed by atoms with Gasteiger partial charge in [-0.25, -0.2) is 9.37 Å². The lowest BCUT2D eigenvalue weighted by Crippen LogP contribution is -2.25. The van der Waals surface area contributed by atoms with Gasteiger partial charge < -0.3 is 14.8 Å². The second kappa shape index (κ2) is 8.17. The zero-order chi connectivity index (χ0) is 22.1. The Bertz CT molecular complexity index is 1110. The van der Waals surface area contributed by atoms with Crippen LogP contribution in [0.5, 0.6) is 11.6 Å². The van der Waals surface area contributed by atoms with Crippen molar-refractivity contribution in [3.05, 3.63) is 64.5 Å². The Hall–Kier alpha value is -3.36. The van der Waals surface area contributed by atoms with Crippen molar-refractivity contribution in [1.82, 2.24) is 10.3 Å². The summed E-state index contributed by atoms with van der Waals surface area (Å²) in [4.78, 5) is 16.9. The van der Waals surface area contributed by atoms with E-state index in [-0.39, 0.29) is 23.5 Å². The molecule has 3 aromatic rings. The van der Waals surface area contributed by atoms with Crippen LogP contribution in [0.25, 0.3) is 10.9 Å². The van der Waals surface area contributed by atoms with Crippen LogP contribution in [0.15, 0.2) is 36.4 Å². The molecule has 1 aromatic heterocycles. The number of carbonyl (C=O) groups excluding carboxylic acids is 1. The fourth-order valence-corrected chi connectivity index (χ4v) is 3.14. The highest BCUT2D eigenvalue weighted by Crippen LogP contribution is 2.34. The van der Waals surface area contributed by atoms with Crippen LogP contribution >= 0.6 is 0 Å². The number of benzene rings is 2. The summed E-state index contributed by atoms with van der Waals surface area (Å²) in [6.45, 7) is 1.56. The maximum absolute atomic E-state index is 13.5. The molecule has 0 saturated carbocycles. The molecule has 0 bridgehead atoms. The monoisotopic (exact) mass is 422 g/mol. The summed E-state index contributed by atoms with van der Waals surface area (Å²) in [5, 5.41) is 3.03. The third-order valence-electron chi connectivity index (χ3n) is 4.64. The Morgan fingerprint density at radius 3 is 2.47 bits per heavy atom. The molecular formula is C21H18F4N2O3. The van der Waals surface area contributed by atoms with Gasteiger partial charge >= 0.3 is 6.18 Å². The van der Waals surface area contributed by atoms with E-state index in [2.05, 4.69) is 10.3 Å². The first kappa shape index (κ1) is 21.4. The molecule has 0 aliphatic rings. The number of carbonyl (C=O) groups is 1. The molecule has 1 amide bonds. The average molecular weight is 422 g/mol. The third kappa shape index (κ3) is 4.14. The predicted octanol–water partition coefficient (Wildman–Crippen LogP) is 4.65. The van der Waals surface area contributed by atoms with E-state index in [0.717, 1.165) is 12.1 Å². The standard InChI is InChI=1S/C21H18F4N2O3/c1-11-15-6-4-13(21(23,24)25)9-16(15)27-20(30-3)18(11)19(28)26-10-12-8-14(22)5-7-17(12)29-2/h4-9H,10H2,1-3H3,(H,26,28). The number of aryl methyl sites for hydroxylation is 1. The summed E-state index contributed by atoms with van der Waals surface area (Å²) < 4.78 is 62.8. The highest BCUT2D eigenvalue weighted by Gasteiger charge is 2.31. The number of hydrogen-bond acceptors (Lipinski definition) is 4. The summed E-state index contributed by atoms with van der Waals surface area (Å²) >= 11 is 0. The number of methoxy groups -OCH3 is 2. The van der Waals surface area contributed by atoms with Crippen molar-refractivity contribution in [2.24, 2.45) is 0 Å². The van der Waals surface area contributed by atoms with E-state index in [9.17, 15) is 22.4 Å². The summed E-state index contributed by atoms with van der Waals surface area (Å²) in [5.74, 6) is -0.758. The lowest BCUT2D eigenvalue weighted by atomic mass is 10.0. The molecule has 1 heterocycles. The molecule has 0 radical (unpaired) electrons. The van der Waals surface area contributed by atoms with E-state index in [4.69, 9.17) is 9.47 Å². The van der Waals surface area contributed by atoms with Crippen molar-refractivity contribution >= 4 is 16.8 Å². The largest absolute Gasteiger partial charge is 0.496 e. The number of amides is 1. The van der Waals surface area contributed by atoms with Gasteiger partial charge in [0.15, 0.2) is 0 Å². The summed E-state index contributed by atoms with van der Waals surface area (Å²) in [6, 6.07) is 7.03. The quantitative estimate of drug-likeness (QED) is 0.609. The van der Waals surface area contributed by atoms with Crippen LogP contribution < -0.4 is 14.8 Å². The molecule has 2 aromatic carbocycles. The number of aromatic nitrogens is 1. The van der Waals surface area contributed by atoms with E-state index in [1.807, 2.05) is 0 Å². The van der Waals surface area contributed by atoms with Crippen molar-refractivity contribution in [3.8, 4) is 11.6 Å². The van der Waals surface area contributed by atoms with Gasteiger partial charge in [-0.1, -0.05) is 6.07 Å². The van der Waals surface area contributed by atoms with Crippen LogP contribution in [-0.2, 0) is 12.7 Å². The molecule has 0 fully saturated rings. The van der Waals surface area contributed by atoms with Crippen LogP contribution in [0.3, 0.4) is 0 Å². The van der Waals surface area contributed by atoms with Gasteiger partial charge in [0.2, 0.25) is 5.88 Å². The van der Waals surface area contributed by atoms with Gasteiger partial charge in [0.05, 0.1) is 25.3 Å². The van der Waals surface area contributed by atoms with Gasteiger partial charge in [0.25, 0.3) is 5.91 Å². The van der Waals surface area contributed by atoms with Gasteiger partial charge in [0.1, 0.15) is 17.1 Å². The lowest BCUT2D eigenvalue weighted by molar-refractivity contribution is -0.137. The molecule has 5 nitrogen and oxygen atoms in total. The summed E-state index contributed by atoms with van der Waals surface area (Å²) in [5.41, 5.74) is 0.127. The zero-order valence-corrected chi connectivity index (χ0v) is 16.4. The second-order valence-electron chi connectivity index (χ2n) is 6.49. The zero-order valence-electron chi connectivity index (χ0n) is 16.4. The molecular weight excluding hydrogens is 404 g/mol. The van der Waals surface area contributed by atoms with Gasteiger partial charge in [0, 0.05) is 17.5 Å². The topological polar surface area (TPSA) is 60.5 Å². The second-order valence-corrected chi connectivity index (χ2v) is 6.49. The van der Waals surface area contributed by atoms with E-state index >= 15 is 0 Å². The minimum atomic E-state index is -4.52. The Morgan fingerprint density at radius 1 is 1.10 bits per heavy atom. The number of pyridine rings is 1. The number of hydrogen-bond donors (Lipinski definition) is 1. The molecule has 0 unspecified atom stereocenters. The summed E-state index contributed by atoms with van der Waals surface area (Å²) in [6.07, 6.45) is -4.52. The van der Waals surface area contributed by atoms with Crippen molar-refractivity contribution in [1.29, 1.82) is 0 Å². The summed E-state index contributed by atoms with van der Waals surface area (Å²) in [7, 11) is 2.70. The Labute approximate surface area is 169 Å².